The van der Waals surface area contributed by atoms with Crippen LogP contribution in [0.5, 0.6) is 0 Å². The first-order chi connectivity index (χ1) is 10.8. The summed E-state index contributed by atoms with van der Waals surface area (Å²) in [5.74, 6) is 0.914. The summed E-state index contributed by atoms with van der Waals surface area (Å²) in [6, 6.07) is 4.27. The van der Waals surface area contributed by atoms with Crippen LogP contribution in [0.15, 0.2) is 22.5 Å². The van der Waals surface area contributed by atoms with Crippen molar-refractivity contribution < 1.29 is 9.47 Å². The second-order valence-corrected chi connectivity index (χ2v) is 6.47. The predicted octanol–water partition coefficient (Wildman–Crippen LogP) is 1.99. The molecule has 0 saturated carbocycles. The van der Waals surface area contributed by atoms with Gasteiger partial charge >= 0.3 is 0 Å². The van der Waals surface area contributed by atoms with Gasteiger partial charge in [-0.05, 0) is 30.7 Å². The third kappa shape index (κ3) is 5.94. The Hall–Kier alpha value is -1.11. The van der Waals surface area contributed by atoms with E-state index >= 15 is 0 Å². The highest BCUT2D eigenvalue weighted by Crippen LogP contribution is 2.11. The van der Waals surface area contributed by atoms with Crippen molar-refractivity contribution in [2.45, 2.75) is 25.4 Å². The Kier molecular flexibility index (Phi) is 7.70. The van der Waals surface area contributed by atoms with E-state index < -0.39 is 0 Å². The van der Waals surface area contributed by atoms with Crippen LogP contribution in [-0.2, 0) is 15.9 Å². The maximum absolute atomic E-state index is 5.65. The van der Waals surface area contributed by atoms with Gasteiger partial charge in [-0.25, -0.2) is 0 Å². The van der Waals surface area contributed by atoms with Crippen molar-refractivity contribution in [3.05, 3.63) is 22.4 Å². The molecule has 124 valence electrons. The molecule has 0 amide bonds. The van der Waals surface area contributed by atoms with Gasteiger partial charge in [0.1, 0.15) is 0 Å². The summed E-state index contributed by atoms with van der Waals surface area (Å²) in [5, 5.41) is 5.46. The van der Waals surface area contributed by atoms with Crippen LogP contribution in [0.1, 0.15) is 17.7 Å². The summed E-state index contributed by atoms with van der Waals surface area (Å²) in [6.45, 7) is 3.99. The summed E-state index contributed by atoms with van der Waals surface area (Å²) in [5.41, 5.74) is 0. The Morgan fingerprint density at radius 1 is 1.59 bits per heavy atom. The second-order valence-electron chi connectivity index (χ2n) is 5.43. The molecule has 1 aliphatic heterocycles. The first-order valence-corrected chi connectivity index (χ1v) is 8.81. The number of hydrogen-bond acceptors (Lipinski definition) is 4. The zero-order valence-electron chi connectivity index (χ0n) is 13.6. The molecule has 2 heterocycles. The highest BCUT2D eigenvalue weighted by atomic mass is 32.1. The van der Waals surface area contributed by atoms with E-state index in [9.17, 15) is 0 Å². The van der Waals surface area contributed by atoms with Crippen LogP contribution in [0.4, 0.5) is 0 Å². The van der Waals surface area contributed by atoms with E-state index in [1.807, 2.05) is 7.05 Å². The Labute approximate surface area is 137 Å². The molecule has 1 saturated heterocycles. The van der Waals surface area contributed by atoms with Gasteiger partial charge < -0.3 is 19.7 Å². The van der Waals surface area contributed by atoms with Gasteiger partial charge in [-0.15, -0.1) is 11.3 Å². The van der Waals surface area contributed by atoms with E-state index in [0.717, 1.165) is 44.9 Å². The lowest BCUT2D eigenvalue weighted by molar-refractivity contribution is 0.0190. The number of hydrogen-bond donors (Lipinski definition) is 1. The molecular weight excluding hydrogens is 298 g/mol. The maximum atomic E-state index is 5.65. The molecule has 0 radical (unpaired) electrons. The van der Waals surface area contributed by atoms with Gasteiger partial charge in [0.2, 0.25) is 0 Å². The topological polar surface area (TPSA) is 46.1 Å². The molecule has 22 heavy (non-hydrogen) atoms. The van der Waals surface area contributed by atoms with Crippen LogP contribution >= 0.6 is 11.3 Å². The van der Waals surface area contributed by atoms with E-state index in [0.29, 0.717) is 19.3 Å². The van der Waals surface area contributed by atoms with E-state index in [1.54, 1.807) is 11.3 Å². The Morgan fingerprint density at radius 3 is 3.18 bits per heavy atom. The number of ether oxygens (including phenoxy) is 2. The van der Waals surface area contributed by atoms with Gasteiger partial charge in [0.15, 0.2) is 5.96 Å². The average molecular weight is 325 g/mol. The van der Waals surface area contributed by atoms with Crippen LogP contribution in [0.2, 0.25) is 0 Å². The normalized spacial score (nSPS) is 18.6. The second kappa shape index (κ2) is 9.82. The molecule has 1 aromatic heterocycles. The van der Waals surface area contributed by atoms with E-state index in [2.05, 4.69) is 39.8 Å². The van der Waals surface area contributed by atoms with Gasteiger partial charge in [-0.3, -0.25) is 4.99 Å². The van der Waals surface area contributed by atoms with Crippen molar-refractivity contribution in [1.29, 1.82) is 0 Å². The number of thiophene rings is 1. The van der Waals surface area contributed by atoms with Crippen LogP contribution in [0, 0.1) is 0 Å². The molecule has 0 aromatic carbocycles. The van der Waals surface area contributed by atoms with Crippen LogP contribution < -0.4 is 5.32 Å². The lowest BCUT2D eigenvalue weighted by atomic mass is 10.2. The van der Waals surface area contributed by atoms with Gasteiger partial charge in [0, 0.05) is 38.7 Å². The Bertz CT molecular complexity index is 431. The fourth-order valence-electron chi connectivity index (χ4n) is 2.45. The zero-order valence-corrected chi connectivity index (χ0v) is 14.4. The number of aliphatic imine (C=N–C) groups is 1. The minimum absolute atomic E-state index is 0.299. The third-order valence-corrected chi connectivity index (χ3v) is 4.64. The number of nitrogens with zero attached hydrogens (tertiary/aromatic N) is 2. The van der Waals surface area contributed by atoms with Crippen molar-refractivity contribution in [3.63, 3.8) is 0 Å². The Morgan fingerprint density at radius 2 is 2.50 bits per heavy atom. The summed E-state index contributed by atoms with van der Waals surface area (Å²) in [6.07, 6.45) is 3.63. The molecule has 1 atom stereocenters. The number of nitrogens with one attached hydrogen (secondary N) is 1. The fraction of sp³-hybridized carbons (Fsp3) is 0.688. The van der Waals surface area contributed by atoms with Crippen molar-refractivity contribution in [1.82, 2.24) is 10.2 Å². The van der Waals surface area contributed by atoms with Gasteiger partial charge in [0.25, 0.3) is 0 Å². The molecule has 0 aliphatic carbocycles. The van der Waals surface area contributed by atoms with Gasteiger partial charge in [-0.2, -0.15) is 0 Å². The first-order valence-electron chi connectivity index (χ1n) is 7.93. The smallest absolute Gasteiger partial charge is 0.193 e. The molecule has 0 spiro atoms. The molecule has 1 aliphatic rings. The largest absolute Gasteiger partial charge is 0.377 e. The number of likely N-dealkylation sites (N-methyl/N-ethyl adjacent to an activating group) is 1. The van der Waals surface area contributed by atoms with Gasteiger partial charge in [0.05, 0.1) is 19.3 Å². The quantitative estimate of drug-likeness (QED) is 0.451. The van der Waals surface area contributed by atoms with Crippen LogP contribution in [0.25, 0.3) is 0 Å². The molecule has 5 nitrogen and oxygen atoms in total. The summed E-state index contributed by atoms with van der Waals surface area (Å²) < 4.78 is 11.2. The third-order valence-electron chi connectivity index (χ3n) is 3.70. The monoisotopic (exact) mass is 325 g/mol. The molecule has 6 heteroatoms. The molecule has 1 fully saturated rings. The minimum Gasteiger partial charge on any atom is -0.377 e. The van der Waals surface area contributed by atoms with Crippen LogP contribution in [-0.4, -0.2) is 64.0 Å². The molecule has 1 aromatic rings. The molecule has 0 bridgehead atoms. The summed E-state index contributed by atoms with van der Waals surface area (Å²) >= 11 is 1.80. The van der Waals surface area contributed by atoms with Crippen LogP contribution in [0.3, 0.4) is 0 Å². The fourth-order valence-corrected chi connectivity index (χ4v) is 3.15. The van der Waals surface area contributed by atoms with Crippen molar-refractivity contribution in [3.8, 4) is 0 Å². The minimum atomic E-state index is 0.299. The van der Waals surface area contributed by atoms with E-state index in [4.69, 9.17) is 9.47 Å². The number of guanidine groups is 1. The molecule has 2 rings (SSSR count). The SMILES string of the molecule is CN=C(NCCOCC1CCCO1)N(C)CCc1cccs1. The molecular formula is C16H27N3O2S. The highest BCUT2D eigenvalue weighted by Gasteiger charge is 2.15. The van der Waals surface area contributed by atoms with Gasteiger partial charge in [-0.1, -0.05) is 6.07 Å². The summed E-state index contributed by atoms with van der Waals surface area (Å²) in [4.78, 5) is 7.88. The maximum Gasteiger partial charge on any atom is 0.193 e. The molecule has 1 unspecified atom stereocenters. The predicted molar refractivity (Wildman–Crippen MR) is 91.8 cm³/mol. The zero-order chi connectivity index (χ0) is 15.6. The average Bonchev–Trinajstić information content (AvgIpc) is 3.21. The van der Waals surface area contributed by atoms with Crippen molar-refractivity contribution in [2.24, 2.45) is 4.99 Å². The lowest BCUT2D eigenvalue weighted by Gasteiger charge is -2.22. The summed E-state index contributed by atoms with van der Waals surface area (Å²) in [7, 11) is 3.88. The highest BCUT2D eigenvalue weighted by molar-refractivity contribution is 7.09. The molecule has 1 N–H and O–H groups in total. The number of rotatable bonds is 8. The first kappa shape index (κ1) is 17.2. The van der Waals surface area contributed by atoms with Crippen molar-refractivity contribution in [2.75, 3.05) is 47.0 Å². The Balaban J connectivity index is 1.57. The lowest BCUT2D eigenvalue weighted by Crippen LogP contribution is -2.41. The standard InChI is InChI=1S/C16H27N3O2S/c1-17-16(19(2)9-7-15-6-4-12-22-15)18-8-11-20-13-14-5-3-10-21-14/h4,6,12,14H,3,5,7-11,13H2,1-2H3,(H,17,18). The van der Waals surface area contributed by atoms with E-state index in [1.165, 1.54) is 4.88 Å². The van der Waals surface area contributed by atoms with Crippen molar-refractivity contribution >= 4 is 17.3 Å². The van der Waals surface area contributed by atoms with E-state index in [-0.39, 0.29) is 0 Å².